The molecule has 1 nitrogen and oxygen atoms in total. The summed E-state index contributed by atoms with van der Waals surface area (Å²) in [5.74, 6) is 1.28. The number of hydrogen-bond donors (Lipinski definition) is 1. The monoisotopic (exact) mass is 200 g/mol. The van der Waals surface area contributed by atoms with Crippen molar-refractivity contribution in [3.05, 3.63) is 0 Å². The molecule has 0 aliphatic rings. The van der Waals surface area contributed by atoms with E-state index in [1.54, 1.807) is 0 Å². The minimum absolute atomic E-state index is 0.336. The summed E-state index contributed by atoms with van der Waals surface area (Å²) in [6.07, 6.45) is 4.94. The maximum atomic E-state index is 8.98. The van der Waals surface area contributed by atoms with E-state index in [2.05, 4.69) is 34.6 Å². The molecule has 0 amide bonds. The first-order valence-electron chi connectivity index (χ1n) is 6.08. The molecule has 0 aromatic heterocycles. The first kappa shape index (κ1) is 14.0. The second-order valence-corrected chi connectivity index (χ2v) is 5.31. The van der Waals surface area contributed by atoms with Crippen molar-refractivity contribution in [3.8, 4) is 0 Å². The minimum Gasteiger partial charge on any atom is -0.396 e. The topological polar surface area (TPSA) is 20.2 Å². The molecule has 2 unspecified atom stereocenters. The Morgan fingerprint density at radius 2 is 1.71 bits per heavy atom. The number of aliphatic hydroxyl groups excluding tert-OH is 1. The minimum atomic E-state index is 0.336. The maximum absolute atomic E-state index is 8.98. The third-order valence-corrected chi connectivity index (χ3v) is 3.83. The van der Waals surface area contributed by atoms with Gasteiger partial charge in [-0.25, -0.2) is 0 Å². The van der Waals surface area contributed by atoms with E-state index >= 15 is 0 Å². The van der Waals surface area contributed by atoms with Crippen LogP contribution in [0.5, 0.6) is 0 Å². The Labute approximate surface area is 89.9 Å². The molecule has 0 saturated carbocycles. The summed E-state index contributed by atoms with van der Waals surface area (Å²) in [6, 6.07) is 0. The zero-order chi connectivity index (χ0) is 11.2. The third kappa shape index (κ3) is 4.45. The van der Waals surface area contributed by atoms with Crippen molar-refractivity contribution in [2.45, 2.75) is 60.3 Å². The SMILES string of the molecule is CCC(CCC(C)CO)C(C)(C)CC. The van der Waals surface area contributed by atoms with Crippen LogP contribution in [0.4, 0.5) is 0 Å². The van der Waals surface area contributed by atoms with Gasteiger partial charge in [0.15, 0.2) is 0 Å². The van der Waals surface area contributed by atoms with Crippen molar-refractivity contribution >= 4 is 0 Å². The third-order valence-electron chi connectivity index (χ3n) is 3.83. The summed E-state index contributed by atoms with van der Waals surface area (Å²) in [6.45, 7) is 11.8. The van der Waals surface area contributed by atoms with E-state index in [0.29, 0.717) is 17.9 Å². The number of aliphatic hydroxyl groups is 1. The highest BCUT2D eigenvalue weighted by Gasteiger charge is 2.25. The summed E-state index contributed by atoms with van der Waals surface area (Å²) < 4.78 is 0. The van der Waals surface area contributed by atoms with E-state index in [1.807, 2.05) is 0 Å². The normalized spacial score (nSPS) is 16.7. The van der Waals surface area contributed by atoms with Crippen LogP contribution in [-0.2, 0) is 0 Å². The van der Waals surface area contributed by atoms with Crippen LogP contribution in [0.15, 0.2) is 0 Å². The van der Waals surface area contributed by atoms with Crippen molar-refractivity contribution in [1.29, 1.82) is 0 Å². The van der Waals surface area contributed by atoms with E-state index in [1.165, 1.54) is 25.7 Å². The molecule has 2 atom stereocenters. The molecule has 0 aliphatic heterocycles. The lowest BCUT2D eigenvalue weighted by atomic mass is 9.72. The lowest BCUT2D eigenvalue weighted by Crippen LogP contribution is -2.23. The van der Waals surface area contributed by atoms with Gasteiger partial charge < -0.3 is 5.11 Å². The van der Waals surface area contributed by atoms with Gasteiger partial charge in [-0.1, -0.05) is 47.5 Å². The second-order valence-electron chi connectivity index (χ2n) is 5.31. The Bertz CT molecular complexity index is 140. The van der Waals surface area contributed by atoms with Crippen molar-refractivity contribution in [1.82, 2.24) is 0 Å². The smallest absolute Gasteiger partial charge is 0.0456 e. The van der Waals surface area contributed by atoms with Crippen molar-refractivity contribution in [2.24, 2.45) is 17.3 Å². The Morgan fingerprint density at radius 1 is 1.14 bits per heavy atom. The highest BCUT2D eigenvalue weighted by atomic mass is 16.3. The maximum Gasteiger partial charge on any atom is 0.0456 e. The van der Waals surface area contributed by atoms with Crippen LogP contribution in [0.25, 0.3) is 0 Å². The standard InChI is InChI=1S/C13H28O/c1-6-12(13(4,5)7-2)9-8-11(3)10-14/h11-12,14H,6-10H2,1-5H3. The van der Waals surface area contributed by atoms with Crippen molar-refractivity contribution < 1.29 is 5.11 Å². The van der Waals surface area contributed by atoms with Gasteiger partial charge in [0, 0.05) is 6.61 Å². The van der Waals surface area contributed by atoms with Crippen LogP contribution in [0.1, 0.15) is 60.3 Å². The highest BCUT2D eigenvalue weighted by molar-refractivity contribution is 4.76. The van der Waals surface area contributed by atoms with Crippen LogP contribution >= 0.6 is 0 Å². The molecule has 0 heterocycles. The summed E-state index contributed by atoms with van der Waals surface area (Å²) in [4.78, 5) is 0. The fourth-order valence-corrected chi connectivity index (χ4v) is 2.01. The van der Waals surface area contributed by atoms with Gasteiger partial charge in [-0.3, -0.25) is 0 Å². The van der Waals surface area contributed by atoms with Crippen LogP contribution in [0, 0.1) is 17.3 Å². The van der Waals surface area contributed by atoms with Gasteiger partial charge in [-0.15, -0.1) is 0 Å². The van der Waals surface area contributed by atoms with Gasteiger partial charge in [-0.05, 0) is 30.1 Å². The molecule has 0 fully saturated rings. The van der Waals surface area contributed by atoms with E-state index in [4.69, 9.17) is 5.11 Å². The van der Waals surface area contributed by atoms with Crippen LogP contribution in [0.2, 0.25) is 0 Å². The van der Waals surface area contributed by atoms with E-state index < -0.39 is 0 Å². The van der Waals surface area contributed by atoms with E-state index in [-0.39, 0.29) is 0 Å². The number of hydrogen-bond acceptors (Lipinski definition) is 1. The zero-order valence-corrected chi connectivity index (χ0v) is 10.6. The lowest BCUT2D eigenvalue weighted by molar-refractivity contribution is 0.160. The quantitative estimate of drug-likeness (QED) is 0.661. The fourth-order valence-electron chi connectivity index (χ4n) is 2.01. The van der Waals surface area contributed by atoms with Gasteiger partial charge in [0.1, 0.15) is 0 Å². The second kappa shape index (κ2) is 6.44. The molecule has 0 rings (SSSR count). The molecular formula is C13H28O. The zero-order valence-electron chi connectivity index (χ0n) is 10.6. The molecule has 0 aliphatic carbocycles. The van der Waals surface area contributed by atoms with Crippen molar-refractivity contribution in [2.75, 3.05) is 6.61 Å². The molecule has 0 bridgehead atoms. The summed E-state index contributed by atoms with van der Waals surface area (Å²) >= 11 is 0. The van der Waals surface area contributed by atoms with Crippen LogP contribution in [0.3, 0.4) is 0 Å². The Hall–Kier alpha value is -0.0400. The lowest BCUT2D eigenvalue weighted by Gasteiger charge is -2.33. The molecule has 0 aromatic rings. The first-order chi connectivity index (χ1) is 6.47. The molecule has 1 N–H and O–H groups in total. The first-order valence-corrected chi connectivity index (χ1v) is 6.08. The molecule has 0 saturated heterocycles. The Kier molecular flexibility index (Phi) is 6.43. The van der Waals surface area contributed by atoms with E-state index in [9.17, 15) is 0 Å². The van der Waals surface area contributed by atoms with Crippen molar-refractivity contribution in [3.63, 3.8) is 0 Å². The number of rotatable bonds is 7. The molecule has 0 aromatic carbocycles. The molecule has 14 heavy (non-hydrogen) atoms. The average molecular weight is 200 g/mol. The van der Waals surface area contributed by atoms with E-state index in [0.717, 1.165) is 5.92 Å². The predicted molar refractivity (Wildman–Crippen MR) is 63.3 cm³/mol. The predicted octanol–water partition coefficient (Wildman–Crippen LogP) is 3.86. The van der Waals surface area contributed by atoms with Gasteiger partial charge in [-0.2, -0.15) is 0 Å². The van der Waals surface area contributed by atoms with Gasteiger partial charge in [0.05, 0.1) is 0 Å². The Balaban J connectivity index is 4.03. The fraction of sp³-hybridized carbons (Fsp3) is 1.00. The van der Waals surface area contributed by atoms with Crippen LogP contribution in [-0.4, -0.2) is 11.7 Å². The molecule has 0 radical (unpaired) electrons. The summed E-state index contributed by atoms with van der Waals surface area (Å²) in [5.41, 5.74) is 0.462. The summed E-state index contributed by atoms with van der Waals surface area (Å²) in [7, 11) is 0. The largest absolute Gasteiger partial charge is 0.396 e. The molecule has 1 heteroatoms. The highest BCUT2D eigenvalue weighted by Crippen LogP contribution is 2.36. The van der Waals surface area contributed by atoms with Crippen LogP contribution < -0.4 is 0 Å². The molecular weight excluding hydrogens is 172 g/mol. The molecule has 86 valence electrons. The molecule has 0 spiro atoms. The average Bonchev–Trinajstić information content (AvgIpc) is 2.18. The Morgan fingerprint density at radius 3 is 2.07 bits per heavy atom. The van der Waals surface area contributed by atoms with Gasteiger partial charge >= 0.3 is 0 Å². The van der Waals surface area contributed by atoms with Gasteiger partial charge in [0.25, 0.3) is 0 Å². The summed E-state index contributed by atoms with van der Waals surface area (Å²) in [5, 5.41) is 8.98. The van der Waals surface area contributed by atoms with Gasteiger partial charge in [0.2, 0.25) is 0 Å².